The van der Waals surface area contributed by atoms with Gasteiger partial charge in [0.25, 0.3) is 0 Å². The van der Waals surface area contributed by atoms with Gasteiger partial charge in [0.05, 0.1) is 5.60 Å². The van der Waals surface area contributed by atoms with Gasteiger partial charge in [0.15, 0.2) is 0 Å². The van der Waals surface area contributed by atoms with E-state index in [-0.39, 0.29) is 5.60 Å². The molecule has 0 aliphatic heterocycles. The zero-order valence-electron chi connectivity index (χ0n) is 8.34. The van der Waals surface area contributed by atoms with Crippen LogP contribution in [0, 0.1) is 0 Å². The fraction of sp³-hybridized carbons (Fsp3) is 0.727. The topological polar surface area (TPSA) is 26.3 Å². The lowest BCUT2D eigenvalue weighted by atomic mass is 9.76. The zero-order chi connectivity index (χ0) is 9.73. The molecule has 0 aromatic rings. The van der Waals surface area contributed by atoms with Crippen LogP contribution in [0.5, 0.6) is 0 Å². The van der Waals surface area contributed by atoms with Gasteiger partial charge in [-0.3, -0.25) is 4.79 Å². The monoisotopic (exact) mass is 182 g/mol. The van der Waals surface area contributed by atoms with Crippen molar-refractivity contribution >= 4 is 5.78 Å². The summed E-state index contributed by atoms with van der Waals surface area (Å²) in [5.74, 6) is 0.307. The van der Waals surface area contributed by atoms with Crippen molar-refractivity contribution in [1.82, 2.24) is 0 Å². The van der Waals surface area contributed by atoms with Crippen LogP contribution in [0.25, 0.3) is 0 Å². The van der Waals surface area contributed by atoms with Gasteiger partial charge in [-0.2, -0.15) is 0 Å². The van der Waals surface area contributed by atoms with Gasteiger partial charge in [0.2, 0.25) is 0 Å². The van der Waals surface area contributed by atoms with E-state index in [4.69, 9.17) is 4.74 Å². The van der Waals surface area contributed by atoms with Crippen LogP contribution in [0.3, 0.4) is 0 Å². The van der Waals surface area contributed by atoms with E-state index in [0.717, 1.165) is 19.3 Å². The lowest BCUT2D eigenvalue weighted by Gasteiger charge is -2.40. The van der Waals surface area contributed by atoms with Crippen molar-refractivity contribution in [3.8, 4) is 0 Å². The van der Waals surface area contributed by atoms with Gasteiger partial charge in [0, 0.05) is 20.0 Å². The highest BCUT2D eigenvalue weighted by molar-refractivity contribution is 5.79. The van der Waals surface area contributed by atoms with Crippen LogP contribution in [-0.4, -0.2) is 18.5 Å². The van der Waals surface area contributed by atoms with Gasteiger partial charge in [-0.1, -0.05) is 6.08 Å². The molecule has 0 unspecified atom stereocenters. The fourth-order valence-corrected chi connectivity index (χ4v) is 1.73. The zero-order valence-corrected chi connectivity index (χ0v) is 8.34. The predicted molar refractivity (Wildman–Crippen MR) is 52.6 cm³/mol. The summed E-state index contributed by atoms with van der Waals surface area (Å²) in [6.45, 7) is 3.60. The third kappa shape index (κ3) is 2.66. The van der Waals surface area contributed by atoms with Crippen LogP contribution in [0.1, 0.15) is 38.5 Å². The first-order valence-corrected chi connectivity index (χ1v) is 4.90. The van der Waals surface area contributed by atoms with Crippen molar-refractivity contribution in [2.75, 3.05) is 7.11 Å². The van der Waals surface area contributed by atoms with E-state index in [1.807, 2.05) is 0 Å². The highest BCUT2D eigenvalue weighted by Gasteiger charge is 2.38. The molecule has 2 heteroatoms. The number of ether oxygens (including phenoxy) is 1. The number of ketones is 1. The Hall–Kier alpha value is -0.630. The van der Waals surface area contributed by atoms with Gasteiger partial charge in [-0.05, 0) is 25.7 Å². The Kier molecular flexibility index (Phi) is 3.67. The van der Waals surface area contributed by atoms with Crippen molar-refractivity contribution in [2.45, 2.75) is 44.1 Å². The number of allylic oxidation sites excluding steroid dienone is 1. The Labute approximate surface area is 80.0 Å². The Morgan fingerprint density at radius 2 is 2.31 bits per heavy atom. The summed E-state index contributed by atoms with van der Waals surface area (Å²) in [6, 6.07) is 0. The summed E-state index contributed by atoms with van der Waals surface area (Å²) in [6.07, 6.45) is 7.08. The Balaban J connectivity index is 2.29. The van der Waals surface area contributed by atoms with Crippen molar-refractivity contribution in [2.24, 2.45) is 0 Å². The molecule has 13 heavy (non-hydrogen) atoms. The van der Waals surface area contributed by atoms with E-state index in [0.29, 0.717) is 18.6 Å². The largest absolute Gasteiger partial charge is 0.378 e. The molecule has 0 spiro atoms. The first kappa shape index (κ1) is 10.5. The molecule has 0 aromatic heterocycles. The van der Waals surface area contributed by atoms with Crippen LogP contribution in [0.15, 0.2) is 12.7 Å². The number of rotatable bonds is 6. The predicted octanol–water partition coefficient (Wildman–Crippen LogP) is 2.48. The van der Waals surface area contributed by atoms with Gasteiger partial charge in [-0.15, -0.1) is 6.58 Å². The van der Waals surface area contributed by atoms with Crippen LogP contribution in [0.2, 0.25) is 0 Å². The number of hydrogen-bond acceptors (Lipinski definition) is 2. The molecule has 0 heterocycles. The maximum absolute atomic E-state index is 11.4. The van der Waals surface area contributed by atoms with Gasteiger partial charge in [-0.25, -0.2) is 0 Å². The van der Waals surface area contributed by atoms with Crippen LogP contribution < -0.4 is 0 Å². The minimum atomic E-state index is -0.0990. The third-order valence-electron chi connectivity index (χ3n) is 2.84. The average molecular weight is 182 g/mol. The summed E-state index contributed by atoms with van der Waals surface area (Å²) in [4.78, 5) is 11.4. The summed E-state index contributed by atoms with van der Waals surface area (Å²) in [5, 5.41) is 0. The molecule has 1 aliphatic rings. The Morgan fingerprint density at radius 3 is 2.69 bits per heavy atom. The van der Waals surface area contributed by atoms with Gasteiger partial charge >= 0.3 is 0 Å². The van der Waals surface area contributed by atoms with Crippen molar-refractivity contribution in [1.29, 1.82) is 0 Å². The van der Waals surface area contributed by atoms with Crippen molar-refractivity contribution in [3.05, 3.63) is 12.7 Å². The maximum Gasteiger partial charge on any atom is 0.136 e. The van der Waals surface area contributed by atoms with Crippen LogP contribution in [-0.2, 0) is 9.53 Å². The molecular weight excluding hydrogens is 164 g/mol. The molecule has 0 atom stereocenters. The molecule has 1 fully saturated rings. The second kappa shape index (κ2) is 4.56. The molecule has 0 aromatic carbocycles. The molecule has 74 valence electrons. The molecule has 1 aliphatic carbocycles. The van der Waals surface area contributed by atoms with Crippen molar-refractivity contribution < 1.29 is 9.53 Å². The van der Waals surface area contributed by atoms with Crippen LogP contribution >= 0.6 is 0 Å². The number of methoxy groups -OCH3 is 1. The highest BCUT2D eigenvalue weighted by atomic mass is 16.5. The minimum Gasteiger partial charge on any atom is -0.378 e. The van der Waals surface area contributed by atoms with Crippen LogP contribution in [0.4, 0.5) is 0 Å². The molecule has 0 saturated heterocycles. The molecule has 0 bridgehead atoms. The van der Waals surface area contributed by atoms with E-state index in [9.17, 15) is 4.79 Å². The number of carbonyl (C=O) groups is 1. The molecule has 1 rings (SSSR count). The normalized spacial score (nSPS) is 19.2. The standard InChI is InChI=1S/C11H18O2/c1-3-4-6-10(12)9-11(13-2)7-5-8-11/h3H,1,4-9H2,2H3. The van der Waals surface area contributed by atoms with E-state index in [2.05, 4.69) is 6.58 Å². The lowest BCUT2D eigenvalue weighted by molar-refractivity contribution is -0.132. The minimum absolute atomic E-state index is 0.0990. The van der Waals surface area contributed by atoms with Gasteiger partial charge < -0.3 is 4.74 Å². The number of carbonyl (C=O) groups excluding carboxylic acids is 1. The third-order valence-corrected chi connectivity index (χ3v) is 2.84. The number of hydrogen-bond donors (Lipinski definition) is 0. The maximum atomic E-state index is 11.4. The SMILES string of the molecule is C=CCCC(=O)CC1(OC)CCC1. The Morgan fingerprint density at radius 1 is 1.62 bits per heavy atom. The second-order valence-electron chi connectivity index (χ2n) is 3.78. The molecular formula is C11H18O2. The quantitative estimate of drug-likeness (QED) is 0.590. The Bertz CT molecular complexity index is 187. The fourth-order valence-electron chi connectivity index (χ4n) is 1.73. The summed E-state index contributed by atoms with van der Waals surface area (Å²) < 4.78 is 5.38. The first-order chi connectivity index (χ1) is 6.22. The van der Waals surface area contributed by atoms with E-state index in [1.165, 1.54) is 6.42 Å². The molecule has 0 radical (unpaired) electrons. The molecule has 0 amide bonds. The first-order valence-electron chi connectivity index (χ1n) is 4.90. The smallest absolute Gasteiger partial charge is 0.136 e. The highest BCUT2D eigenvalue weighted by Crippen LogP contribution is 2.38. The molecule has 1 saturated carbocycles. The average Bonchev–Trinajstić information content (AvgIpc) is 2.08. The summed E-state index contributed by atoms with van der Waals surface area (Å²) >= 11 is 0. The van der Waals surface area contributed by atoms with E-state index >= 15 is 0 Å². The van der Waals surface area contributed by atoms with Crippen molar-refractivity contribution in [3.63, 3.8) is 0 Å². The summed E-state index contributed by atoms with van der Waals surface area (Å²) in [7, 11) is 1.71. The van der Waals surface area contributed by atoms with Gasteiger partial charge in [0.1, 0.15) is 5.78 Å². The second-order valence-corrected chi connectivity index (χ2v) is 3.78. The lowest BCUT2D eigenvalue weighted by Crippen LogP contribution is -2.41. The van der Waals surface area contributed by atoms with E-state index < -0.39 is 0 Å². The molecule has 2 nitrogen and oxygen atoms in total. The number of Topliss-reactive ketones (excluding diaryl/α,β-unsaturated/α-hetero) is 1. The van der Waals surface area contributed by atoms with E-state index in [1.54, 1.807) is 13.2 Å². The summed E-state index contributed by atoms with van der Waals surface area (Å²) in [5.41, 5.74) is -0.0990. The molecule has 0 N–H and O–H groups in total.